The maximum atomic E-state index is 3.83. The third-order valence-electron chi connectivity index (χ3n) is 5.19. The van der Waals surface area contributed by atoms with Crippen LogP contribution < -0.4 is 5.32 Å². The first-order chi connectivity index (χ1) is 10.3. The fourth-order valence-corrected chi connectivity index (χ4v) is 4.08. The lowest BCUT2D eigenvalue weighted by molar-refractivity contribution is 0.149. The molecule has 1 saturated heterocycles. The Morgan fingerprint density at radius 1 is 1.00 bits per heavy atom. The number of nitrogens with one attached hydrogen (secondary N) is 1. The lowest BCUT2D eigenvalue weighted by Gasteiger charge is -2.37. The highest BCUT2D eigenvalue weighted by atomic mass is 15.2. The topological polar surface area (TPSA) is 15.3 Å². The molecule has 3 atom stereocenters. The van der Waals surface area contributed by atoms with Gasteiger partial charge in [0, 0.05) is 12.1 Å². The van der Waals surface area contributed by atoms with Gasteiger partial charge in [-0.1, -0.05) is 47.0 Å². The molecule has 2 nitrogen and oxygen atoms in total. The van der Waals surface area contributed by atoms with Gasteiger partial charge < -0.3 is 5.32 Å². The molecule has 0 spiro atoms. The van der Waals surface area contributed by atoms with Gasteiger partial charge in [-0.3, -0.25) is 4.90 Å². The molecule has 1 fully saturated rings. The maximum Gasteiger partial charge on any atom is 0.0246 e. The van der Waals surface area contributed by atoms with Crippen LogP contribution >= 0.6 is 0 Å². The summed E-state index contributed by atoms with van der Waals surface area (Å²) in [4.78, 5) is 2.82. The van der Waals surface area contributed by atoms with Crippen molar-refractivity contribution in [3.05, 3.63) is 0 Å². The summed E-state index contributed by atoms with van der Waals surface area (Å²) in [5.74, 6) is 0.991. The van der Waals surface area contributed by atoms with Crippen LogP contribution in [-0.4, -0.2) is 36.6 Å². The molecule has 0 aromatic rings. The summed E-state index contributed by atoms with van der Waals surface area (Å²) in [6.07, 6.45) is 12.3. The standard InChI is InChI=1S/C19H40N2/c1-5-10-17-12-9-15-21(16-13-17)19(8-4)18(11-6-2)20-14-7-3/h17-20H,5-16H2,1-4H3. The van der Waals surface area contributed by atoms with E-state index in [4.69, 9.17) is 0 Å². The Morgan fingerprint density at radius 2 is 1.81 bits per heavy atom. The quantitative estimate of drug-likeness (QED) is 0.621. The Morgan fingerprint density at radius 3 is 2.43 bits per heavy atom. The Labute approximate surface area is 134 Å². The molecule has 0 aliphatic carbocycles. The fourth-order valence-electron chi connectivity index (χ4n) is 4.08. The molecule has 126 valence electrons. The number of hydrogen-bond donors (Lipinski definition) is 1. The minimum atomic E-state index is 0.697. The maximum absolute atomic E-state index is 3.83. The third kappa shape index (κ3) is 6.69. The van der Waals surface area contributed by atoms with E-state index in [1.807, 2.05) is 0 Å². The summed E-state index contributed by atoms with van der Waals surface area (Å²) in [6.45, 7) is 13.2. The first-order valence-electron chi connectivity index (χ1n) is 9.74. The molecule has 1 N–H and O–H groups in total. The Kier molecular flexibility index (Phi) is 10.4. The molecule has 0 amide bonds. The minimum Gasteiger partial charge on any atom is -0.312 e. The molecule has 1 aliphatic heterocycles. The van der Waals surface area contributed by atoms with E-state index in [2.05, 4.69) is 37.9 Å². The number of likely N-dealkylation sites (tertiary alicyclic amines) is 1. The zero-order valence-corrected chi connectivity index (χ0v) is 15.2. The van der Waals surface area contributed by atoms with Gasteiger partial charge in [-0.15, -0.1) is 0 Å². The summed E-state index contributed by atoms with van der Waals surface area (Å²) in [5, 5.41) is 3.83. The molecule has 0 aromatic carbocycles. The van der Waals surface area contributed by atoms with Crippen LogP contribution in [0.2, 0.25) is 0 Å². The van der Waals surface area contributed by atoms with Crippen LogP contribution in [0, 0.1) is 5.92 Å². The zero-order chi connectivity index (χ0) is 15.5. The van der Waals surface area contributed by atoms with Crippen molar-refractivity contribution in [2.75, 3.05) is 19.6 Å². The molecule has 0 aromatic heterocycles. The van der Waals surface area contributed by atoms with Gasteiger partial charge in [0.25, 0.3) is 0 Å². The average molecular weight is 297 g/mol. The molecule has 1 rings (SSSR count). The highest BCUT2D eigenvalue weighted by Gasteiger charge is 2.27. The molecule has 3 unspecified atom stereocenters. The van der Waals surface area contributed by atoms with E-state index < -0.39 is 0 Å². The van der Waals surface area contributed by atoms with Crippen LogP contribution in [0.15, 0.2) is 0 Å². The van der Waals surface area contributed by atoms with Crippen LogP contribution in [0.25, 0.3) is 0 Å². The summed E-state index contributed by atoms with van der Waals surface area (Å²) in [5.41, 5.74) is 0. The second kappa shape index (κ2) is 11.5. The smallest absolute Gasteiger partial charge is 0.0246 e. The highest BCUT2D eigenvalue weighted by Crippen LogP contribution is 2.25. The molecule has 21 heavy (non-hydrogen) atoms. The van der Waals surface area contributed by atoms with Crippen molar-refractivity contribution in [3.8, 4) is 0 Å². The highest BCUT2D eigenvalue weighted by molar-refractivity contribution is 4.85. The second-order valence-corrected chi connectivity index (χ2v) is 6.95. The molecule has 1 aliphatic rings. The Hall–Kier alpha value is -0.0800. The number of hydrogen-bond acceptors (Lipinski definition) is 2. The normalized spacial score (nSPS) is 23.7. The van der Waals surface area contributed by atoms with Gasteiger partial charge in [0.1, 0.15) is 0 Å². The van der Waals surface area contributed by atoms with Gasteiger partial charge in [0.05, 0.1) is 0 Å². The van der Waals surface area contributed by atoms with Crippen molar-refractivity contribution in [2.45, 2.75) is 97.6 Å². The van der Waals surface area contributed by atoms with Crippen molar-refractivity contribution < 1.29 is 0 Å². The van der Waals surface area contributed by atoms with Crippen molar-refractivity contribution in [3.63, 3.8) is 0 Å². The first-order valence-corrected chi connectivity index (χ1v) is 9.74. The minimum absolute atomic E-state index is 0.697. The Balaban J connectivity index is 2.59. The van der Waals surface area contributed by atoms with Crippen LogP contribution in [-0.2, 0) is 0 Å². The molecule has 1 heterocycles. The third-order valence-corrected chi connectivity index (χ3v) is 5.19. The summed E-state index contributed by atoms with van der Waals surface area (Å²) < 4.78 is 0. The second-order valence-electron chi connectivity index (χ2n) is 6.95. The molecular formula is C19H40N2. The molecule has 0 radical (unpaired) electrons. The first kappa shape index (κ1) is 19.0. The van der Waals surface area contributed by atoms with Gasteiger partial charge >= 0.3 is 0 Å². The lowest BCUT2D eigenvalue weighted by Crippen LogP contribution is -2.50. The van der Waals surface area contributed by atoms with Gasteiger partial charge in [-0.25, -0.2) is 0 Å². The molecule has 0 bridgehead atoms. The summed E-state index contributed by atoms with van der Waals surface area (Å²) in [7, 11) is 0. The lowest BCUT2D eigenvalue weighted by atomic mass is 9.95. The number of rotatable bonds is 10. The van der Waals surface area contributed by atoms with Crippen LogP contribution in [0.3, 0.4) is 0 Å². The average Bonchev–Trinajstić information content (AvgIpc) is 2.72. The molecule has 2 heteroatoms. The van der Waals surface area contributed by atoms with Gasteiger partial charge in [-0.2, -0.15) is 0 Å². The largest absolute Gasteiger partial charge is 0.312 e. The van der Waals surface area contributed by atoms with E-state index in [1.165, 1.54) is 77.4 Å². The van der Waals surface area contributed by atoms with Crippen molar-refractivity contribution in [1.82, 2.24) is 10.2 Å². The van der Waals surface area contributed by atoms with E-state index >= 15 is 0 Å². The van der Waals surface area contributed by atoms with Crippen molar-refractivity contribution in [2.24, 2.45) is 5.92 Å². The van der Waals surface area contributed by atoms with Gasteiger partial charge in [-0.05, 0) is 64.1 Å². The van der Waals surface area contributed by atoms with E-state index in [-0.39, 0.29) is 0 Å². The van der Waals surface area contributed by atoms with Crippen molar-refractivity contribution >= 4 is 0 Å². The monoisotopic (exact) mass is 296 g/mol. The SMILES string of the molecule is CCCNC(CCC)C(CC)N1CCCC(CCC)CC1. The molecular weight excluding hydrogens is 256 g/mol. The van der Waals surface area contributed by atoms with Gasteiger partial charge in [0.2, 0.25) is 0 Å². The van der Waals surface area contributed by atoms with Crippen LogP contribution in [0.1, 0.15) is 85.5 Å². The summed E-state index contributed by atoms with van der Waals surface area (Å²) >= 11 is 0. The van der Waals surface area contributed by atoms with Crippen LogP contribution in [0.4, 0.5) is 0 Å². The predicted octanol–water partition coefficient (Wildman–Crippen LogP) is 4.84. The van der Waals surface area contributed by atoms with E-state index in [0.29, 0.717) is 6.04 Å². The Bertz CT molecular complexity index is 242. The zero-order valence-electron chi connectivity index (χ0n) is 15.2. The van der Waals surface area contributed by atoms with E-state index in [9.17, 15) is 0 Å². The van der Waals surface area contributed by atoms with Crippen LogP contribution in [0.5, 0.6) is 0 Å². The molecule has 0 saturated carbocycles. The van der Waals surface area contributed by atoms with E-state index in [1.54, 1.807) is 0 Å². The summed E-state index contributed by atoms with van der Waals surface area (Å²) in [6, 6.07) is 1.44. The number of nitrogens with zero attached hydrogens (tertiary/aromatic N) is 1. The van der Waals surface area contributed by atoms with Crippen molar-refractivity contribution in [1.29, 1.82) is 0 Å². The fraction of sp³-hybridized carbons (Fsp3) is 1.00. The van der Waals surface area contributed by atoms with Gasteiger partial charge in [0.15, 0.2) is 0 Å². The van der Waals surface area contributed by atoms with E-state index in [0.717, 1.165) is 12.0 Å². The predicted molar refractivity (Wildman–Crippen MR) is 94.9 cm³/mol.